The number of rotatable bonds is 44. The molecule has 15 rings (SSSR count). The van der Waals surface area contributed by atoms with Crippen molar-refractivity contribution in [1.29, 1.82) is 0 Å². The van der Waals surface area contributed by atoms with E-state index in [0.717, 1.165) is 87.7 Å². The average Bonchev–Trinajstić information content (AvgIpc) is 0.748. The summed E-state index contributed by atoms with van der Waals surface area (Å²) in [5, 5.41) is 0. The highest BCUT2D eigenvalue weighted by Gasteiger charge is 2.61. The highest BCUT2D eigenvalue weighted by Crippen LogP contribution is 2.44. The monoisotopic (exact) mass is 1660 g/mol. The third kappa shape index (κ3) is 24.8. The van der Waals surface area contributed by atoms with Gasteiger partial charge >= 0.3 is 0 Å². The van der Waals surface area contributed by atoms with Crippen LogP contribution in [0.1, 0.15) is 114 Å². The standard InChI is InChI=1S/C103H116O19/c1-4-6-7-8-9-40-61-105-100-95(111-68-80-53-32-16-33-54-80)93(110-67-79-51-30-15-31-52-79)89(85(117-100)71-104-62-74-41-20-10-21-42-74)120-103-98(122-101-96(112-69-81-55-34-17-35-56-81)91(108-65-77-47-26-13-27-48-77)87(73(3)115-101)106-63-75-43-22-11-23-44-75)94(90-86(118-103)72-114-99(119-90)83-59-38-19-39-60-83)121-102-97(113-70-82-57-36-18-37-58-82)92(109-66-78-49-28-14-29-50-78)88(84(5-2)116-102)107-64-76-45-24-12-25-46-76/h4,10-39,41-60,73,84-103H,1,5-9,40,61-72H2,2-3H3. The molecule has 19 heteroatoms. The summed E-state index contributed by atoms with van der Waals surface area (Å²) in [5.74, 6) is 0. The molecule has 0 aliphatic carbocycles. The summed E-state index contributed by atoms with van der Waals surface area (Å²) in [4.78, 5) is 0. The lowest BCUT2D eigenvalue weighted by atomic mass is 9.93. The number of hydrogen-bond donors (Lipinski definition) is 0. The first-order chi connectivity index (χ1) is 60.3. The molecule has 0 spiro atoms. The van der Waals surface area contributed by atoms with Gasteiger partial charge in [-0.05, 0) is 82.7 Å². The first-order valence-corrected chi connectivity index (χ1v) is 43.3. The van der Waals surface area contributed by atoms with Crippen LogP contribution in [-0.4, -0.2) is 143 Å². The summed E-state index contributed by atoms with van der Waals surface area (Å²) in [5.41, 5.74) is 9.18. The van der Waals surface area contributed by atoms with Crippen LogP contribution in [0.2, 0.25) is 0 Å². The molecule has 0 bridgehead atoms. The van der Waals surface area contributed by atoms with E-state index in [0.29, 0.717) is 13.0 Å². The molecular weight excluding hydrogens is 1540 g/mol. The zero-order chi connectivity index (χ0) is 83.1. The summed E-state index contributed by atoms with van der Waals surface area (Å²) in [6.45, 7) is 10.0. The van der Waals surface area contributed by atoms with Gasteiger partial charge in [-0.15, -0.1) is 6.58 Å². The maximum Gasteiger partial charge on any atom is 0.187 e. The van der Waals surface area contributed by atoms with Gasteiger partial charge in [0.1, 0.15) is 85.5 Å². The SMILES string of the molecule is C=CCCCCCCOC1OC(COCc2ccccc2)C(OC2OC3COC(c4ccccc4)OC3C(OC3OC(CC)C(OCc4ccccc4)C(OCc4ccccc4)C3OCc3ccccc3)C2OC2OC(C)C(OCc3ccccc3)C(OCc3ccccc3)C2OCc2ccccc2)C(OCc2ccccc2)C1OCc1ccccc1. The largest absolute Gasteiger partial charge is 0.374 e. The first kappa shape index (κ1) is 88.1. The van der Waals surface area contributed by atoms with Gasteiger partial charge in [0.15, 0.2) is 31.5 Å². The minimum Gasteiger partial charge on any atom is -0.374 e. The van der Waals surface area contributed by atoms with Gasteiger partial charge in [0.05, 0.1) is 84.9 Å². The summed E-state index contributed by atoms with van der Waals surface area (Å²) < 4.78 is 142. The van der Waals surface area contributed by atoms with Gasteiger partial charge in [-0.25, -0.2) is 0 Å². The molecule has 5 heterocycles. The minimum atomic E-state index is -1.48. The fourth-order valence-corrected chi connectivity index (χ4v) is 16.4. The molecule has 5 aliphatic rings. The number of benzene rings is 10. The Morgan fingerprint density at radius 1 is 0.303 bits per heavy atom. The van der Waals surface area contributed by atoms with E-state index in [4.69, 9.17) is 90.0 Å². The molecule has 5 aliphatic heterocycles. The van der Waals surface area contributed by atoms with E-state index in [1.54, 1.807) is 0 Å². The van der Waals surface area contributed by atoms with Crippen molar-refractivity contribution >= 4 is 0 Å². The number of hydrogen-bond acceptors (Lipinski definition) is 19. The lowest BCUT2D eigenvalue weighted by molar-refractivity contribution is -0.430. The van der Waals surface area contributed by atoms with Crippen molar-refractivity contribution in [1.82, 2.24) is 0 Å². The van der Waals surface area contributed by atoms with E-state index in [-0.39, 0.29) is 72.7 Å². The Balaban J connectivity index is 0.895. The van der Waals surface area contributed by atoms with Gasteiger partial charge in [0, 0.05) is 12.2 Å². The predicted molar refractivity (Wildman–Crippen MR) is 461 cm³/mol. The van der Waals surface area contributed by atoms with E-state index in [2.05, 4.69) is 25.6 Å². The van der Waals surface area contributed by atoms with Crippen molar-refractivity contribution in [2.45, 2.75) is 241 Å². The van der Waals surface area contributed by atoms with Crippen LogP contribution in [-0.2, 0) is 149 Å². The highest BCUT2D eigenvalue weighted by atomic mass is 16.8. The second kappa shape index (κ2) is 46.8. The quantitative estimate of drug-likeness (QED) is 0.0260. The van der Waals surface area contributed by atoms with E-state index >= 15 is 0 Å². The lowest BCUT2D eigenvalue weighted by Crippen LogP contribution is -2.70. The zero-order valence-corrected chi connectivity index (χ0v) is 69.8. The van der Waals surface area contributed by atoms with Gasteiger partial charge in [0.25, 0.3) is 0 Å². The molecule has 5 fully saturated rings. The first-order valence-electron chi connectivity index (χ1n) is 43.3. The molecule has 5 saturated heterocycles. The highest BCUT2D eigenvalue weighted by molar-refractivity contribution is 5.23. The van der Waals surface area contributed by atoms with E-state index in [1.807, 2.05) is 304 Å². The molecule has 122 heavy (non-hydrogen) atoms. The Bertz CT molecular complexity index is 4540. The third-order valence-corrected chi connectivity index (χ3v) is 22.8. The summed E-state index contributed by atoms with van der Waals surface area (Å²) in [7, 11) is 0. The fraction of sp³-hybridized carbons (Fsp3) is 0.398. The summed E-state index contributed by atoms with van der Waals surface area (Å²) in [6, 6.07) is 100. The van der Waals surface area contributed by atoms with Gasteiger partial charge in [-0.2, -0.15) is 0 Å². The Labute approximate surface area is 718 Å². The molecule has 10 aromatic rings. The maximum atomic E-state index is 8.17. The Morgan fingerprint density at radius 3 is 1.07 bits per heavy atom. The third-order valence-electron chi connectivity index (χ3n) is 22.8. The van der Waals surface area contributed by atoms with E-state index in [9.17, 15) is 0 Å². The lowest BCUT2D eigenvalue weighted by Gasteiger charge is -2.54. The van der Waals surface area contributed by atoms with E-state index in [1.165, 1.54) is 0 Å². The number of fused-ring (bicyclic) bond motifs is 1. The van der Waals surface area contributed by atoms with Crippen molar-refractivity contribution in [3.8, 4) is 0 Å². The van der Waals surface area contributed by atoms with Crippen LogP contribution in [0, 0.1) is 0 Å². The second-order valence-electron chi connectivity index (χ2n) is 31.7. The van der Waals surface area contributed by atoms with Crippen molar-refractivity contribution in [2.24, 2.45) is 0 Å². The van der Waals surface area contributed by atoms with Gasteiger partial charge in [-0.3, -0.25) is 0 Å². The summed E-state index contributed by atoms with van der Waals surface area (Å²) in [6.07, 6.45) is -14.2. The molecule has 0 N–H and O–H groups in total. The van der Waals surface area contributed by atoms with Crippen LogP contribution in [0.4, 0.5) is 0 Å². The molecule has 21 atom stereocenters. The van der Waals surface area contributed by atoms with E-state index < -0.39 is 129 Å². The number of allylic oxidation sites excluding steroid dienone is 1. The maximum absolute atomic E-state index is 8.17. The number of unbranched alkanes of at least 4 members (excludes halogenated alkanes) is 4. The predicted octanol–water partition coefficient (Wildman–Crippen LogP) is 18.6. The molecule has 0 saturated carbocycles. The van der Waals surface area contributed by atoms with Crippen molar-refractivity contribution in [2.75, 3.05) is 19.8 Å². The van der Waals surface area contributed by atoms with Crippen molar-refractivity contribution in [3.63, 3.8) is 0 Å². The topological polar surface area (TPSA) is 175 Å². The molecule has 21 unspecified atom stereocenters. The molecule has 10 aromatic carbocycles. The summed E-state index contributed by atoms with van der Waals surface area (Å²) >= 11 is 0. The fourth-order valence-electron chi connectivity index (χ4n) is 16.4. The van der Waals surface area contributed by atoms with Crippen LogP contribution in [0.25, 0.3) is 0 Å². The molecular formula is C103H116O19. The minimum absolute atomic E-state index is 0.00738. The molecule has 0 amide bonds. The second-order valence-corrected chi connectivity index (χ2v) is 31.7. The van der Waals surface area contributed by atoms with Crippen molar-refractivity contribution < 1.29 is 90.0 Å². The zero-order valence-electron chi connectivity index (χ0n) is 69.8. The van der Waals surface area contributed by atoms with Crippen LogP contribution in [0.15, 0.2) is 316 Å². The Hall–Kier alpha value is -8.82. The average molecular weight is 1660 g/mol. The molecule has 642 valence electrons. The van der Waals surface area contributed by atoms with Gasteiger partial charge in [-0.1, -0.05) is 329 Å². The van der Waals surface area contributed by atoms with Crippen LogP contribution in [0.5, 0.6) is 0 Å². The smallest absolute Gasteiger partial charge is 0.187 e. The van der Waals surface area contributed by atoms with Crippen molar-refractivity contribution in [3.05, 3.63) is 372 Å². The Morgan fingerprint density at radius 2 is 0.639 bits per heavy atom. The Kier molecular flexibility index (Phi) is 33.8. The number of ether oxygens (including phenoxy) is 19. The molecule has 0 aromatic heterocycles. The van der Waals surface area contributed by atoms with Gasteiger partial charge < -0.3 is 90.0 Å². The van der Waals surface area contributed by atoms with Gasteiger partial charge in [0.2, 0.25) is 0 Å². The van der Waals surface area contributed by atoms with Crippen LogP contribution in [0.3, 0.4) is 0 Å². The van der Waals surface area contributed by atoms with Crippen LogP contribution >= 0.6 is 0 Å². The normalized spacial score (nSPS) is 27.8. The van der Waals surface area contributed by atoms with Crippen LogP contribution < -0.4 is 0 Å². The molecule has 0 radical (unpaired) electrons. The molecule has 19 nitrogen and oxygen atoms in total.